The van der Waals surface area contributed by atoms with Gasteiger partial charge in [0.15, 0.2) is 0 Å². The Bertz CT molecular complexity index is 1270. The van der Waals surface area contributed by atoms with Crippen molar-refractivity contribution in [3.63, 3.8) is 0 Å². The average Bonchev–Trinajstić information content (AvgIpc) is 3.15. The van der Waals surface area contributed by atoms with E-state index in [1.165, 1.54) is 25.3 Å². The summed E-state index contributed by atoms with van der Waals surface area (Å²) < 4.78 is 9.98. The molecule has 2 N–H and O–H groups in total. The summed E-state index contributed by atoms with van der Waals surface area (Å²) in [7, 11) is 1.27. The number of carbonyl (C=O) groups is 2. The van der Waals surface area contributed by atoms with E-state index in [0.717, 1.165) is 10.9 Å². The normalized spacial score (nSPS) is 10.9. The second-order valence-corrected chi connectivity index (χ2v) is 6.06. The van der Waals surface area contributed by atoms with Gasteiger partial charge in [-0.2, -0.15) is 0 Å². The molecular formula is C20H15N3O5. The number of para-hydroxylation sites is 1. The lowest BCUT2D eigenvalue weighted by atomic mass is 10.1. The van der Waals surface area contributed by atoms with Crippen LogP contribution >= 0.6 is 0 Å². The highest BCUT2D eigenvalue weighted by molar-refractivity contribution is 6.04. The zero-order valence-corrected chi connectivity index (χ0v) is 14.8. The average molecular weight is 377 g/mol. The number of hydrogen-bond acceptors (Lipinski definition) is 6. The summed E-state index contributed by atoms with van der Waals surface area (Å²) in [5.74, 6) is -0.896. The number of benzene rings is 2. The highest BCUT2D eigenvalue weighted by atomic mass is 16.5. The zero-order valence-electron chi connectivity index (χ0n) is 14.8. The second-order valence-electron chi connectivity index (χ2n) is 6.06. The number of aromatic nitrogens is 3. The lowest BCUT2D eigenvalue weighted by Crippen LogP contribution is -2.15. The van der Waals surface area contributed by atoms with Crippen molar-refractivity contribution in [2.75, 3.05) is 7.11 Å². The number of ether oxygens (including phenoxy) is 2. The first kappa shape index (κ1) is 17.5. The molecule has 2 heterocycles. The summed E-state index contributed by atoms with van der Waals surface area (Å²) in [6.45, 7) is -0.216. The fraction of sp³-hybridized carbons (Fsp3) is 0.100. The Labute approximate surface area is 158 Å². The summed E-state index contributed by atoms with van der Waals surface area (Å²) in [6.07, 6.45) is 1.58. The number of nitrogens with zero attached hydrogens (tertiary/aromatic N) is 1. The summed E-state index contributed by atoms with van der Waals surface area (Å²) >= 11 is 0. The van der Waals surface area contributed by atoms with Gasteiger partial charge in [0.1, 0.15) is 12.4 Å². The number of rotatable bonds is 4. The van der Waals surface area contributed by atoms with Crippen molar-refractivity contribution in [1.29, 1.82) is 0 Å². The van der Waals surface area contributed by atoms with E-state index in [9.17, 15) is 14.4 Å². The molecule has 0 fully saturated rings. The Hall–Kier alpha value is -3.94. The predicted octanol–water partition coefficient (Wildman–Crippen LogP) is 2.55. The third kappa shape index (κ3) is 3.11. The Morgan fingerprint density at radius 2 is 1.89 bits per heavy atom. The van der Waals surface area contributed by atoms with Crippen LogP contribution in [0.2, 0.25) is 0 Å². The Kier molecular flexibility index (Phi) is 4.36. The molecule has 0 saturated carbocycles. The van der Waals surface area contributed by atoms with E-state index in [0.29, 0.717) is 16.5 Å². The van der Waals surface area contributed by atoms with Crippen LogP contribution in [0, 0.1) is 0 Å². The topological polar surface area (TPSA) is 114 Å². The smallest absolute Gasteiger partial charge is 0.340 e. The molecule has 2 aromatic heterocycles. The molecule has 8 heteroatoms. The summed E-state index contributed by atoms with van der Waals surface area (Å²) in [5.41, 5.74) is 1.41. The molecule has 0 spiro atoms. The van der Waals surface area contributed by atoms with Gasteiger partial charge >= 0.3 is 11.9 Å². The third-order valence-corrected chi connectivity index (χ3v) is 4.33. The first-order valence-corrected chi connectivity index (χ1v) is 8.41. The largest absolute Gasteiger partial charge is 0.465 e. The number of H-pyrrole nitrogens is 2. The van der Waals surface area contributed by atoms with E-state index in [2.05, 4.69) is 19.7 Å². The number of aromatic amines is 2. The third-order valence-electron chi connectivity index (χ3n) is 4.33. The number of esters is 2. The van der Waals surface area contributed by atoms with E-state index in [-0.39, 0.29) is 23.6 Å². The van der Waals surface area contributed by atoms with E-state index in [1.807, 2.05) is 24.3 Å². The summed E-state index contributed by atoms with van der Waals surface area (Å²) in [6, 6.07) is 11.8. The van der Waals surface area contributed by atoms with Gasteiger partial charge in [-0.1, -0.05) is 18.2 Å². The molecule has 0 atom stereocenters. The van der Waals surface area contributed by atoms with Crippen molar-refractivity contribution in [3.8, 4) is 0 Å². The van der Waals surface area contributed by atoms with Crippen LogP contribution in [0.5, 0.6) is 0 Å². The zero-order chi connectivity index (χ0) is 19.7. The van der Waals surface area contributed by atoms with Gasteiger partial charge in [-0.3, -0.25) is 4.79 Å². The maximum absolute atomic E-state index is 12.4. The highest BCUT2D eigenvalue weighted by Crippen LogP contribution is 2.19. The molecule has 4 rings (SSSR count). The van der Waals surface area contributed by atoms with E-state index in [4.69, 9.17) is 4.74 Å². The van der Waals surface area contributed by atoms with Crippen LogP contribution in [0.25, 0.3) is 21.8 Å². The first-order chi connectivity index (χ1) is 13.6. The van der Waals surface area contributed by atoms with Crippen molar-refractivity contribution in [2.45, 2.75) is 6.61 Å². The number of nitrogens with one attached hydrogen (secondary N) is 2. The van der Waals surface area contributed by atoms with Gasteiger partial charge < -0.3 is 19.4 Å². The minimum atomic E-state index is -0.538. The molecule has 0 saturated heterocycles. The maximum Gasteiger partial charge on any atom is 0.340 e. The molecule has 4 aromatic rings. The van der Waals surface area contributed by atoms with Crippen LogP contribution in [0.1, 0.15) is 26.5 Å². The fourth-order valence-corrected chi connectivity index (χ4v) is 2.95. The number of methoxy groups -OCH3 is 1. The number of carbonyl (C=O) groups excluding carboxylic acids is 2. The minimum Gasteiger partial charge on any atom is -0.465 e. The van der Waals surface area contributed by atoms with Crippen molar-refractivity contribution in [2.24, 2.45) is 0 Å². The van der Waals surface area contributed by atoms with E-state index >= 15 is 0 Å². The second kappa shape index (κ2) is 6.99. The molecule has 0 amide bonds. The Morgan fingerprint density at radius 3 is 2.71 bits per heavy atom. The van der Waals surface area contributed by atoms with Crippen LogP contribution in [0.15, 0.2) is 53.5 Å². The van der Waals surface area contributed by atoms with Crippen LogP contribution in [0.4, 0.5) is 0 Å². The predicted molar refractivity (Wildman–Crippen MR) is 101 cm³/mol. The van der Waals surface area contributed by atoms with Crippen LogP contribution in [-0.2, 0) is 16.1 Å². The van der Waals surface area contributed by atoms with Gasteiger partial charge in [0, 0.05) is 17.1 Å². The molecule has 0 aliphatic heterocycles. The first-order valence-electron chi connectivity index (χ1n) is 8.41. The number of fused-ring (bicyclic) bond motifs is 2. The summed E-state index contributed by atoms with van der Waals surface area (Å²) in [4.78, 5) is 46.2. The fourth-order valence-electron chi connectivity index (χ4n) is 2.95. The van der Waals surface area contributed by atoms with E-state index in [1.54, 1.807) is 6.20 Å². The van der Waals surface area contributed by atoms with Crippen molar-refractivity contribution < 1.29 is 19.1 Å². The van der Waals surface area contributed by atoms with Crippen LogP contribution in [-0.4, -0.2) is 34.0 Å². The molecular weight excluding hydrogens is 362 g/mol. The summed E-state index contributed by atoms with van der Waals surface area (Å²) in [5, 5.41) is 1.06. The minimum absolute atomic E-state index is 0.174. The standard InChI is InChI=1S/C20H15N3O5/c1-27-19(25)11-6-7-13-16(8-11)22-17(23-18(13)24)10-28-20(26)14-9-21-15-5-3-2-4-12(14)15/h2-9,21H,10H2,1H3,(H,22,23,24). The Morgan fingerprint density at radius 1 is 1.07 bits per heavy atom. The molecule has 0 unspecified atom stereocenters. The number of hydrogen-bond donors (Lipinski definition) is 2. The van der Waals surface area contributed by atoms with Crippen molar-refractivity contribution >= 4 is 33.7 Å². The Balaban J connectivity index is 1.60. The lowest BCUT2D eigenvalue weighted by molar-refractivity contribution is 0.0464. The van der Waals surface area contributed by atoms with Gasteiger partial charge in [-0.25, -0.2) is 14.6 Å². The monoisotopic (exact) mass is 377 g/mol. The molecule has 0 aliphatic rings. The molecule has 28 heavy (non-hydrogen) atoms. The SMILES string of the molecule is COC(=O)c1ccc2c(=O)[nH]c(COC(=O)c3c[nH]c4ccccc34)nc2c1. The van der Waals surface area contributed by atoms with Crippen molar-refractivity contribution in [3.05, 3.63) is 76.0 Å². The van der Waals surface area contributed by atoms with Gasteiger partial charge in [-0.15, -0.1) is 0 Å². The quantitative estimate of drug-likeness (QED) is 0.528. The molecule has 0 aliphatic carbocycles. The molecule has 140 valence electrons. The molecule has 8 nitrogen and oxygen atoms in total. The molecule has 0 bridgehead atoms. The van der Waals surface area contributed by atoms with Crippen molar-refractivity contribution in [1.82, 2.24) is 15.0 Å². The van der Waals surface area contributed by atoms with Gasteiger partial charge in [0.2, 0.25) is 0 Å². The van der Waals surface area contributed by atoms with Crippen LogP contribution in [0.3, 0.4) is 0 Å². The lowest BCUT2D eigenvalue weighted by Gasteiger charge is -2.06. The van der Waals surface area contributed by atoms with E-state index < -0.39 is 11.9 Å². The van der Waals surface area contributed by atoms with Gasteiger partial charge in [0.25, 0.3) is 5.56 Å². The molecule has 0 radical (unpaired) electrons. The molecule has 2 aromatic carbocycles. The van der Waals surface area contributed by atoms with Gasteiger partial charge in [-0.05, 0) is 24.3 Å². The maximum atomic E-state index is 12.4. The van der Waals surface area contributed by atoms with Gasteiger partial charge in [0.05, 0.1) is 29.1 Å². The van der Waals surface area contributed by atoms with Crippen LogP contribution < -0.4 is 5.56 Å². The highest BCUT2D eigenvalue weighted by Gasteiger charge is 2.15.